The monoisotopic (exact) mass is 1380 g/mol. The van der Waals surface area contributed by atoms with Crippen LogP contribution in [0.25, 0.3) is 90.9 Å². The molecule has 522 valence electrons. The smallest absolute Gasteiger partial charge is 0.657 e. The van der Waals surface area contributed by atoms with E-state index in [1.807, 2.05) is 0 Å². The fourth-order valence-electron chi connectivity index (χ4n) is 15.2. The summed E-state index contributed by atoms with van der Waals surface area (Å²) in [5.74, 6) is 3.39. The molecule has 0 N–H and O–H groups in total. The molecule has 9 heteroatoms. The van der Waals surface area contributed by atoms with E-state index < -0.39 is 0 Å². The molecule has 4 aliphatic heterocycles. The molecule has 0 fully saturated rings. The second-order valence-corrected chi connectivity index (χ2v) is 28.7. The van der Waals surface area contributed by atoms with Gasteiger partial charge < -0.3 is 28.9 Å². The number of rotatable bonds is 26. The van der Waals surface area contributed by atoms with Gasteiger partial charge >= 0.3 is 19.5 Å². The van der Waals surface area contributed by atoms with E-state index >= 15 is 0 Å². The van der Waals surface area contributed by atoms with Crippen molar-refractivity contribution in [3.63, 3.8) is 0 Å². The molecular formula is C90H116N4O4Zn. The standard InChI is InChI=1S/C90H116N4O4.Zn/c1-3-5-7-9-11-13-15-17-23-29-37-47-69-65-81-89-82(66-69)96-62-44-32-26-20-22-28-34-46-64-98-84-68-70(48-38-30-24-18-16-14-12-10-8-6-4-2)67-83(97-63-45-33-27-21-19-25-31-43-61-95-81)90(84)88-79-59-55-75(93-79)85(71-49-39-35-40-50-71)73-53-57-77(91-73)87(89)78-58-54-74(92-78)86(72-51-41-36-42-52-72)76-56-60-80(88)94-76;/h35-36,39-42,49-60,65-68H,3-34,37-38,43-48,61-64H2,1-2H3;/q-2;+2. The number of hydrogen-bond donors (Lipinski definition) is 0. The molecule has 0 saturated carbocycles. The van der Waals surface area contributed by atoms with E-state index in [-0.39, 0.29) is 19.5 Å². The Morgan fingerprint density at radius 2 is 0.535 bits per heavy atom. The van der Waals surface area contributed by atoms with Gasteiger partial charge in [-0.25, -0.2) is 9.97 Å². The molecule has 8 nitrogen and oxygen atoms in total. The summed E-state index contributed by atoms with van der Waals surface area (Å²) >= 11 is 0. The SMILES string of the molecule is CCCCCCCCCCCCCc1cc2c3c(c1)OCCCCCCCCCCOc1cc(CCCCCCCCCCCCC)cc(c1-c1c4nc(c(-c5ccccc5)c5ccc([n-]5)c-3c3nc(c(-c5ccccc5)c5ccc1[n-]5)C=C3)C=C4)OCCCCCCCCCCO2.[Zn+2]. The van der Waals surface area contributed by atoms with E-state index in [2.05, 4.69) is 147 Å². The summed E-state index contributed by atoms with van der Waals surface area (Å²) in [6.45, 7) is 7.06. The van der Waals surface area contributed by atoms with Crippen LogP contribution in [0.4, 0.5) is 0 Å². The number of unbranched alkanes of at least 4 members (excludes halogenated alkanes) is 20. The van der Waals surface area contributed by atoms with Crippen LogP contribution in [-0.2, 0) is 32.3 Å². The van der Waals surface area contributed by atoms with Gasteiger partial charge in [0, 0.05) is 11.1 Å². The van der Waals surface area contributed by atoms with E-state index in [4.69, 9.17) is 38.9 Å². The van der Waals surface area contributed by atoms with Gasteiger partial charge in [0.1, 0.15) is 23.0 Å². The number of ether oxygens (including phenoxy) is 4. The minimum absolute atomic E-state index is 0. The Kier molecular flexibility index (Phi) is 31.7. The summed E-state index contributed by atoms with van der Waals surface area (Å²) in [7, 11) is 0. The molecule has 4 aromatic carbocycles. The Bertz CT molecular complexity index is 3470. The van der Waals surface area contributed by atoms with Crippen LogP contribution >= 0.6 is 0 Å². The average Bonchev–Trinajstić information content (AvgIpc) is 1.64. The minimum atomic E-state index is 0. The predicted molar refractivity (Wildman–Crippen MR) is 415 cm³/mol. The molecular weight excluding hydrogens is 1270 g/mol. The van der Waals surface area contributed by atoms with E-state index in [9.17, 15) is 0 Å². The molecule has 0 radical (unpaired) electrons. The van der Waals surface area contributed by atoms with Crippen LogP contribution in [0.2, 0.25) is 0 Å². The second kappa shape index (κ2) is 41.9. The summed E-state index contributed by atoms with van der Waals surface area (Å²) in [6.07, 6.45) is 57.5. The third-order valence-corrected chi connectivity index (χ3v) is 20.7. The zero-order valence-corrected chi connectivity index (χ0v) is 63.9. The third-order valence-electron chi connectivity index (χ3n) is 20.7. The quantitative estimate of drug-likeness (QED) is 0.0391. The number of benzene rings is 4. The van der Waals surface area contributed by atoms with Crippen molar-refractivity contribution in [1.29, 1.82) is 0 Å². The Hall–Kier alpha value is -6.70. The first-order valence-corrected chi connectivity index (χ1v) is 39.7. The van der Waals surface area contributed by atoms with Gasteiger partial charge in [0.2, 0.25) is 0 Å². The zero-order chi connectivity index (χ0) is 67.0. The Morgan fingerprint density at radius 3 is 0.828 bits per heavy atom. The summed E-state index contributed by atoms with van der Waals surface area (Å²) < 4.78 is 29.2. The van der Waals surface area contributed by atoms with E-state index in [0.717, 1.165) is 189 Å². The van der Waals surface area contributed by atoms with Gasteiger partial charge in [-0.1, -0.05) is 304 Å². The zero-order valence-electron chi connectivity index (χ0n) is 60.9. The number of nitrogens with zero attached hydrogens (tertiary/aromatic N) is 4. The molecule has 0 atom stereocenters. The fourth-order valence-corrected chi connectivity index (χ4v) is 15.2. The molecule has 0 unspecified atom stereocenters. The van der Waals surface area contributed by atoms with E-state index in [1.165, 1.54) is 191 Å². The van der Waals surface area contributed by atoms with Crippen molar-refractivity contribution in [1.82, 2.24) is 19.9 Å². The molecule has 12 bridgehead atoms. The first-order chi connectivity index (χ1) is 48.6. The van der Waals surface area contributed by atoms with Gasteiger partial charge in [0.25, 0.3) is 0 Å². The van der Waals surface area contributed by atoms with Crippen molar-refractivity contribution < 1.29 is 38.4 Å². The van der Waals surface area contributed by atoms with Gasteiger partial charge in [0.05, 0.1) is 60.3 Å². The van der Waals surface area contributed by atoms with E-state index in [0.29, 0.717) is 26.4 Å². The molecule has 3 aromatic heterocycles. The van der Waals surface area contributed by atoms with Crippen LogP contribution in [0.15, 0.2) is 109 Å². The van der Waals surface area contributed by atoms with Crippen LogP contribution in [0.5, 0.6) is 23.0 Å². The van der Waals surface area contributed by atoms with Gasteiger partial charge in [-0.2, -0.15) is 0 Å². The van der Waals surface area contributed by atoms with Crippen molar-refractivity contribution in [3.05, 3.63) is 143 Å². The van der Waals surface area contributed by atoms with Crippen molar-refractivity contribution in [2.75, 3.05) is 26.4 Å². The molecule has 99 heavy (non-hydrogen) atoms. The maximum absolute atomic E-state index is 7.30. The number of fused-ring (bicyclic) bond motifs is 4. The van der Waals surface area contributed by atoms with Gasteiger partial charge in [-0.05, 0) is 133 Å². The molecule has 11 rings (SSSR count). The largest absolute Gasteiger partial charge is 2.00 e. The Balaban J connectivity index is 0.0000106. The van der Waals surface area contributed by atoms with Crippen LogP contribution in [-0.4, -0.2) is 36.4 Å². The van der Waals surface area contributed by atoms with Crippen molar-refractivity contribution in [2.45, 2.75) is 271 Å². The first kappa shape index (κ1) is 75.0. The van der Waals surface area contributed by atoms with E-state index in [1.54, 1.807) is 0 Å². The summed E-state index contributed by atoms with van der Waals surface area (Å²) in [5, 5.41) is 0. The first-order valence-electron chi connectivity index (χ1n) is 39.7. The molecule has 7 heterocycles. The third kappa shape index (κ3) is 22.2. The van der Waals surface area contributed by atoms with Gasteiger partial charge in [0.15, 0.2) is 0 Å². The molecule has 0 spiro atoms. The van der Waals surface area contributed by atoms with Crippen LogP contribution in [0.1, 0.15) is 292 Å². The number of hydrogen-bond acceptors (Lipinski definition) is 6. The summed E-state index contributed by atoms with van der Waals surface area (Å²) in [5.41, 5.74) is 16.6. The Labute approximate surface area is 608 Å². The minimum Gasteiger partial charge on any atom is -0.657 e. The van der Waals surface area contributed by atoms with Gasteiger partial charge in [-0.15, -0.1) is 22.1 Å². The maximum atomic E-state index is 7.30. The molecule has 0 amide bonds. The van der Waals surface area contributed by atoms with Crippen LogP contribution in [0, 0.1) is 0 Å². The topological polar surface area (TPSA) is 90.9 Å². The molecule has 0 saturated heterocycles. The summed E-state index contributed by atoms with van der Waals surface area (Å²) in [6, 6.07) is 39.6. The van der Waals surface area contributed by atoms with Crippen molar-refractivity contribution >= 4 is 46.4 Å². The van der Waals surface area contributed by atoms with Crippen LogP contribution in [0.3, 0.4) is 0 Å². The van der Waals surface area contributed by atoms with Crippen LogP contribution < -0.4 is 28.9 Å². The average molecular weight is 1380 g/mol. The number of aromatic nitrogens is 4. The molecule has 4 aliphatic rings. The second-order valence-electron chi connectivity index (χ2n) is 28.7. The van der Waals surface area contributed by atoms with Gasteiger partial charge in [-0.3, -0.25) is 0 Å². The summed E-state index contributed by atoms with van der Waals surface area (Å²) in [4.78, 5) is 23.2. The molecule has 0 aliphatic carbocycles. The number of aryl methyl sites for hydroxylation is 2. The maximum Gasteiger partial charge on any atom is 2.00 e. The Morgan fingerprint density at radius 1 is 0.283 bits per heavy atom. The molecule has 7 aromatic rings. The predicted octanol–water partition coefficient (Wildman–Crippen LogP) is 26.1. The van der Waals surface area contributed by atoms with Crippen molar-refractivity contribution in [3.8, 4) is 67.5 Å². The van der Waals surface area contributed by atoms with Crippen molar-refractivity contribution in [2.24, 2.45) is 0 Å². The normalized spacial score (nSPS) is 14.9. The fraction of sp³-hybridized carbons (Fsp3) is 0.511.